The van der Waals surface area contributed by atoms with Gasteiger partial charge in [0.1, 0.15) is 0 Å². The summed E-state index contributed by atoms with van der Waals surface area (Å²) in [5.74, 6) is 0.0530. The van der Waals surface area contributed by atoms with Crippen LogP contribution in [0.25, 0.3) is 5.69 Å². The second kappa shape index (κ2) is 4.12. The fourth-order valence-corrected chi connectivity index (χ4v) is 3.84. The van der Waals surface area contributed by atoms with E-state index in [0.29, 0.717) is 5.69 Å². The summed E-state index contributed by atoms with van der Waals surface area (Å²) < 4.78 is 1.31. The van der Waals surface area contributed by atoms with Crippen molar-refractivity contribution in [2.24, 2.45) is 0 Å². The van der Waals surface area contributed by atoms with E-state index in [1.807, 2.05) is 12.2 Å². The first kappa shape index (κ1) is 12.9. The molecule has 2 bridgehead atoms. The van der Waals surface area contributed by atoms with Gasteiger partial charge in [-0.1, -0.05) is 35.4 Å². The summed E-state index contributed by atoms with van der Waals surface area (Å²) in [4.78, 5) is 0. The summed E-state index contributed by atoms with van der Waals surface area (Å²) in [6.07, 6.45) is 4.99. The minimum atomic E-state index is -0.220. The van der Waals surface area contributed by atoms with Crippen molar-refractivity contribution in [1.82, 2.24) is 4.57 Å². The summed E-state index contributed by atoms with van der Waals surface area (Å²) in [5, 5.41) is 30.7. The molecule has 0 amide bonds. The lowest BCUT2D eigenvalue weighted by Crippen LogP contribution is -1.96. The number of allylic oxidation sites excluding steroid dienone is 2. The zero-order valence-corrected chi connectivity index (χ0v) is 12.2. The molecule has 108 valence electrons. The number of aromatic nitrogens is 1. The lowest BCUT2D eigenvalue weighted by atomic mass is 10.0. The number of phenols is 1. The van der Waals surface area contributed by atoms with Crippen LogP contribution in [0, 0.1) is 0 Å². The molecular formula is C15H11Cl2NO3. The van der Waals surface area contributed by atoms with Gasteiger partial charge in [0.25, 0.3) is 0 Å². The Hall–Kier alpha value is -1.78. The highest BCUT2D eigenvalue weighted by Gasteiger charge is 2.41. The van der Waals surface area contributed by atoms with Gasteiger partial charge in [-0.15, -0.1) is 0 Å². The zero-order valence-electron chi connectivity index (χ0n) is 10.7. The molecule has 2 aromatic rings. The molecule has 21 heavy (non-hydrogen) atoms. The molecule has 0 spiro atoms. The minimum absolute atomic E-state index is 0.00262. The van der Waals surface area contributed by atoms with Crippen molar-refractivity contribution in [2.45, 2.75) is 18.3 Å². The molecule has 0 aliphatic heterocycles. The summed E-state index contributed by atoms with van der Waals surface area (Å²) in [6.45, 7) is 0. The Kier molecular flexibility index (Phi) is 2.53. The summed E-state index contributed by atoms with van der Waals surface area (Å²) in [7, 11) is 0. The molecule has 2 atom stereocenters. The number of hydrogen-bond donors (Lipinski definition) is 3. The molecular weight excluding hydrogens is 313 g/mol. The maximum absolute atomic E-state index is 10.5. The van der Waals surface area contributed by atoms with Crippen molar-refractivity contribution in [2.75, 3.05) is 0 Å². The number of nitrogens with zero attached hydrogens (tertiary/aromatic N) is 1. The Labute approximate surface area is 130 Å². The number of fused-ring (bicyclic) bond motifs is 5. The van der Waals surface area contributed by atoms with Gasteiger partial charge >= 0.3 is 0 Å². The van der Waals surface area contributed by atoms with Crippen LogP contribution in [0.4, 0.5) is 0 Å². The fraction of sp³-hybridized carbons (Fsp3) is 0.200. The van der Waals surface area contributed by atoms with E-state index < -0.39 is 0 Å². The van der Waals surface area contributed by atoms with Gasteiger partial charge in [0.05, 0.1) is 15.7 Å². The van der Waals surface area contributed by atoms with E-state index in [9.17, 15) is 15.3 Å². The number of phenolic OH excluding ortho intramolecular Hbond substituents is 1. The average Bonchev–Trinajstić information content (AvgIpc) is 3.10. The Morgan fingerprint density at radius 3 is 1.86 bits per heavy atom. The van der Waals surface area contributed by atoms with E-state index in [0.717, 1.165) is 17.5 Å². The largest absolute Gasteiger partial charge is 0.505 e. The molecule has 4 rings (SSSR count). The molecule has 1 heterocycles. The Morgan fingerprint density at radius 2 is 1.38 bits per heavy atom. The van der Waals surface area contributed by atoms with E-state index in [1.54, 1.807) is 0 Å². The van der Waals surface area contributed by atoms with E-state index in [2.05, 4.69) is 0 Å². The van der Waals surface area contributed by atoms with Crippen molar-refractivity contribution >= 4 is 23.2 Å². The Balaban J connectivity index is 1.96. The van der Waals surface area contributed by atoms with Crippen molar-refractivity contribution in [1.29, 1.82) is 0 Å². The maximum atomic E-state index is 10.5. The van der Waals surface area contributed by atoms with Gasteiger partial charge in [0, 0.05) is 23.0 Å². The number of benzene rings is 1. The molecule has 3 N–H and O–H groups in total. The molecule has 0 fully saturated rings. The maximum Gasteiger partial charge on any atom is 0.202 e. The van der Waals surface area contributed by atoms with Crippen LogP contribution in [0.2, 0.25) is 10.0 Å². The van der Waals surface area contributed by atoms with Crippen molar-refractivity contribution in [3.05, 3.63) is 45.5 Å². The topological polar surface area (TPSA) is 65.6 Å². The number of halogens is 2. The number of rotatable bonds is 1. The lowest BCUT2D eigenvalue weighted by Gasteiger charge is -2.11. The minimum Gasteiger partial charge on any atom is -0.505 e. The van der Waals surface area contributed by atoms with E-state index in [-0.39, 0.29) is 39.4 Å². The normalized spacial score (nSPS) is 22.0. The smallest absolute Gasteiger partial charge is 0.202 e. The van der Waals surface area contributed by atoms with Gasteiger partial charge in [-0.05, 0) is 18.6 Å². The molecule has 2 aliphatic rings. The van der Waals surface area contributed by atoms with Crippen molar-refractivity contribution in [3.63, 3.8) is 0 Å². The number of hydrogen-bond acceptors (Lipinski definition) is 3. The third-order valence-corrected chi connectivity index (χ3v) is 4.86. The van der Waals surface area contributed by atoms with Gasteiger partial charge in [-0.25, -0.2) is 0 Å². The molecule has 1 aromatic carbocycles. The van der Waals surface area contributed by atoms with Gasteiger partial charge < -0.3 is 15.3 Å². The average molecular weight is 324 g/mol. The number of aromatic hydroxyl groups is 3. The second-order valence-electron chi connectivity index (χ2n) is 5.40. The Morgan fingerprint density at radius 1 is 0.905 bits per heavy atom. The van der Waals surface area contributed by atoms with Gasteiger partial charge in [0.2, 0.25) is 11.8 Å². The van der Waals surface area contributed by atoms with Crippen LogP contribution >= 0.6 is 23.2 Å². The monoisotopic (exact) mass is 323 g/mol. The van der Waals surface area contributed by atoms with Crippen molar-refractivity contribution in [3.8, 4) is 23.2 Å². The highest BCUT2D eigenvalue weighted by Crippen LogP contribution is 2.57. The van der Waals surface area contributed by atoms with Gasteiger partial charge in [-0.2, -0.15) is 0 Å². The van der Waals surface area contributed by atoms with Crippen LogP contribution in [0.3, 0.4) is 0 Å². The van der Waals surface area contributed by atoms with Crippen molar-refractivity contribution < 1.29 is 15.3 Å². The molecule has 0 saturated heterocycles. The van der Waals surface area contributed by atoms with Gasteiger partial charge in [0.15, 0.2) is 5.75 Å². The van der Waals surface area contributed by atoms with Crippen LogP contribution < -0.4 is 0 Å². The molecule has 6 heteroatoms. The second-order valence-corrected chi connectivity index (χ2v) is 6.22. The molecule has 0 unspecified atom stereocenters. The lowest BCUT2D eigenvalue weighted by molar-refractivity contribution is 0.395. The molecule has 2 aliphatic carbocycles. The summed E-state index contributed by atoms with van der Waals surface area (Å²) in [6, 6.07) is 2.90. The third kappa shape index (κ3) is 1.57. The summed E-state index contributed by atoms with van der Waals surface area (Å²) in [5.41, 5.74) is 1.94. The first-order valence-electron chi connectivity index (χ1n) is 6.52. The summed E-state index contributed by atoms with van der Waals surface area (Å²) >= 11 is 11.8. The fourth-order valence-electron chi connectivity index (χ4n) is 3.37. The van der Waals surface area contributed by atoms with Crippen LogP contribution in [0.1, 0.15) is 29.4 Å². The van der Waals surface area contributed by atoms with Crippen LogP contribution in [-0.4, -0.2) is 19.9 Å². The van der Waals surface area contributed by atoms with Crippen LogP contribution in [0.15, 0.2) is 24.3 Å². The SMILES string of the molecule is Oc1c(Cl)cc(-n2c(O)c3c(c2O)[C@H]2C=C[C@@H]3C2)cc1Cl. The van der Waals surface area contributed by atoms with E-state index in [1.165, 1.54) is 16.7 Å². The molecule has 0 saturated carbocycles. The molecule has 4 nitrogen and oxygen atoms in total. The third-order valence-electron chi connectivity index (χ3n) is 4.28. The Bertz CT molecular complexity index is 751. The standard InChI is InChI=1S/C15H11Cl2NO3/c16-9-4-8(5-10(17)13(9)19)18-14(20)11-6-1-2-7(3-6)12(11)15(18)21/h1-2,4-7,19-21H,3H2/t6-,7+. The van der Waals surface area contributed by atoms with E-state index in [4.69, 9.17) is 23.2 Å². The highest BCUT2D eigenvalue weighted by molar-refractivity contribution is 6.37. The molecule has 1 aromatic heterocycles. The van der Waals surface area contributed by atoms with Crippen LogP contribution in [0.5, 0.6) is 17.5 Å². The quantitative estimate of drug-likeness (QED) is 0.694. The predicted octanol–water partition coefficient (Wildman–Crippen LogP) is 4.04. The van der Waals surface area contributed by atoms with Crippen LogP contribution in [-0.2, 0) is 0 Å². The first-order valence-corrected chi connectivity index (χ1v) is 7.27. The molecule has 0 radical (unpaired) electrons. The first-order chi connectivity index (χ1) is 9.99. The van der Waals surface area contributed by atoms with Gasteiger partial charge in [-0.3, -0.25) is 4.57 Å². The zero-order chi connectivity index (χ0) is 14.9. The highest BCUT2D eigenvalue weighted by atomic mass is 35.5. The predicted molar refractivity (Wildman–Crippen MR) is 80.0 cm³/mol. The van der Waals surface area contributed by atoms with E-state index >= 15 is 0 Å².